The van der Waals surface area contributed by atoms with Crippen LogP contribution in [0.25, 0.3) is 0 Å². The maximum Gasteiger partial charge on any atom is 0.333 e. The van der Waals surface area contributed by atoms with Crippen molar-refractivity contribution >= 4 is 11.9 Å². The van der Waals surface area contributed by atoms with Gasteiger partial charge < -0.3 is 9.47 Å². The Morgan fingerprint density at radius 1 is 0.800 bits per heavy atom. The Hall–Kier alpha value is -1.58. The highest BCUT2D eigenvalue weighted by Gasteiger charge is 2.63. The maximum absolute atomic E-state index is 12.4. The normalized spacial score (nSPS) is 36.7. The molecular formula is C21H30O4. The van der Waals surface area contributed by atoms with Gasteiger partial charge in [-0.15, -0.1) is 0 Å². The second kappa shape index (κ2) is 6.62. The molecule has 0 bridgehead atoms. The lowest BCUT2D eigenvalue weighted by atomic mass is 9.52. The van der Waals surface area contributed by atoms with Crippen molar-refractivity contribution in [2.45, 2.75) is 82.8 Å². The van der Waals surface area contributed by atoms with Crippen molar-refractivity contribution in [3.8, 4) is 0 Å². The van der Waals surface area contributed by atoms with Gasteiger partial charge in [0, 0.05) is 17.1 Å². The molecule has 0 aromatic carbocycles. The Kier molecular flexibility index (Phi) is 4.82. The van der Waals surface area contributed by atoms with Gasteiger partial charge in [-0.1, -0.05) is 13.2 Å². The van der Waals surface area contributed by atoms with E-state index in [0.29, 0.717) is 17.1 Å². The summed E-state index contributed by atoms with van der Waals surface area (Å²) in [6.07, 6.45) is 8.74. The van der Waals surface area contributed by atoms with E-state index in [1.807, 2.05) is 0 Å². The van der Waals surface area contributed by atoms with Crippen molar-refractivity contribution in [3.63, 3.8) is 0 Å². The maximum atomic E-state index is 12.4. The zero-order chi connectivity index (χ0) is 18.2. The summed E-state index contributed by atoms with van der Waals surface area (Å²) < 4.78 is 12.2. The van der Waals surface area contributed by atoms with Crippen molar-refractivity contribution in [2.24, 2.45) is 11.8 Å². The van der Waals surface area contributed by atoms with Gasteiger partial charge in [0.25, 0.3) is 0 Å². The van der Waals surface area contributed by atoms with Crippen LogP contribution in [0.5, 0.6) is 0 Å². The summed E-state index contributed by atoms with van der Waals surface area (Å²) in [5.41, 5.74) is -0.148. The highest BCUT2D eigenvalue weighted by molar-refractivity contribution is 5.88. The molecule has 0 aromatic heterocycles. The van der Waals surface area contributed by atoms with Crippen LogP contribution in [0.1, 0.15) is 71.6 Å². The number of esters is 2. The summed E-state index contributed by atoms with van der Waals surface area (Å²) in [4.78, 5) is 24.7. The standard InChI is InChI=1S/C21H30O4/c1-14(2)18(22)24-20-10-5-8-16-9-6-11-21(17(16)20,13-7-12-20)25-19(23)15(3)4/h16-17H,1,3,5-13H2,2,4H3. The highest BCUT2D eigenvalue weighted by Crippen LogP contribution is 2.59. The molecule has 4 heteroatoms. The van der Waals surface area contributed by atoms with E-state index in [4.69, 9.17) is 9.47 Å². The van der Waals surface area contributed by atoms with Gasteiger partial charge in [0.2, 0.25) is 0 Å². The van der Waals surface area contributed by atoms with Crippen LogP contribution < -0.4 is 0 Å². The predicted octanol–water partition coefficient (Wildman–Crippen LogP) is 4.49. The summed E-state index contributed by atoms with van der Waals surface area (Å²) in [5, 5.41) is 0. The molecule has 3 saturated carbocycles. The number of rotatable bonds is 4. The average molecular weight is 346 g/mol. The Labute approximate surface area is 150 Å². The number of carbonyl (C=O) groups excluding carboxylic acids is 2. The van der Waals surface area contributed by atoms with E-state index in [2.05, 4.69) is 13.2 Å². The van der Waals surface area contributed by atoms with Crippen molar-refractivity contribution in [1.82, 2.24) is 0 Å². The molecule has 2 unspecified atom stereocenters. The number of hydrogen-bond donors (Lipinski definition) is 0. The summed E-state index contributed by atoms with van der Waals surface area (Å²) in [6.45, 7) is 10.9. The third-order valence-electron chi connectivity index (χ3n) is 6.44. The molecule has 3 fully saturated rings. The van der Waals surface area contributed by atoms with E-state index < -0.39 is 11.2 Å². The fraction of sp³-hybridized carbons (Fsp3) is 0.714. The Bertz CT molecular complexity index is 549. The van der Waals surface area contributed by atoms with Crippen molar-refractivity contribution in [1.29, 1.82) is 0 Å². The lowest BCUT2D eigenvalue weighted by Gasteiger charge is -2.60. The quantitative estimate of drug-likeness (QED) is 0.556. The fourth-order valence-electron chi connectivity index (χ4n) is 5.58. The molecule has 0 aromatic rings. The van der Waals surface area contributed by atoms with Gasteiger partial charge in [-0.3, -0.25) is 0 Å². The first-order chi connectivity index (χ1) is 11.8. The Morgan fingerprint density at radius 2 is 1.20 bits per heavy atom. The average Bonchev–Trinajstić information content (AvgIpc) is 2.55. The van der Waals surface area contributed by atoms with E-state index in [1.54, 1.807) is 13.8 Å². The molecule has 3 aliphatic rings. The minimum atomic E-state index is -0.507. The molecule has 3 rings (SSSR count). The van der Waals surface area contributed by atoms with Gasteiger partial charge in [0.05, 0.1) is 0 Å². The summed E-state index contributed by atoms with van der Waals surface area (Å²) in [6, 6.07) is 0. The third-order valence-corrected chi connectivity index (χ3v) is 6.44. The zero-order valence-corrected chi connectivity index (χ0v) is 15.6. The monoisotopic (exact) mass is 346 g/mol. The molecule has 3 aliphatic carbocycles. The topological polar surface area (TPSA) is 52.6 Å². The van der Waals surface area contributed by atoms with Crippen LogP contribution in [0.15, 0.2) is 24.3 Å². The molecule has 138 valence electrons. The molecular weight excluding hydrogens is 316 g/mol. The first-order valence-corrected chi connectivity index (χ1v) is 9.57. The third kappa shape index (κ3) is 3.16. The van der Waals surface area contributed by atoms with Crippen LogP contribution in [0, 0.1) is 11.8 Å². The predicted molar refractivity (Wildman–Crippen MR) is 95.8 cm³/mol. The molecule has 0 saturated heterocycles. The molecule has 0 aliphatic heterocycles. The Balaban J connectivity index is 1.98. The summed E-state index contributed by atoms with van der Waals surface area (Å²) in [5.74, 6) is -0.0667. The van der Waals surface area contributed by atoms with Crippen molar-refractivity contribution in [3.05, 3.63) is 24.3 Å². The fourth-order valence-corrected chi connectivity index (χ4v) is 5.58. The van der Waals surface area contributed by atoms with Crippen LogP contribution in [0.3, 0.4) is 0 Å². The number of carbonyl (C=O) groups is 2. The van der Waals surface area contributed by atoms with E-state index in [9.17, 15) is 9.59 Å². The molecule has 2 atom stereocenters. The highest BCUT2D eigenvalue weighted by atomic mass is 16.6. The lowest BCUT2D eigenvalue weighted by molar-refractivity contribution is -0.238. The molecule has 4 nitrogen and oxygen atoms in total. The van der Waals surface area contributed by atoms with Gasteiger partial charge >= 0.3 is 11.9 Å². The second-order valence-corrected chi connectivity index (χ2v) is 8.35. The molecule has 0 heterocycles. The Morgan fingerprint density at radius 3 is 1.60 bits per heavy atom. The lowest BCUT2D eigenvalue weighted by Crippen LogP contribution is -2.64. The summed E-state index contributed by atoms with van der Waals surface area (Å²) in [7, 11) is 0. The largest absolute Gasteiger partial charge is 0.455 e. The van der Waals surface area contributed by atoms with E-state index >= 15 is 0 Å². The first kappa shape index (κ1) is 18.2. The number of hydrogen-bond acceptors (Lipinski definition) is 4. The van der Waals surface area contributed by atoms with E-state index in [0.717, 1.165) is 57.8 Å². The molecule has 0 amide bonds. The van der Waals surface area contributed by atoms with Crippen molar-refractivity contribution < 1.29 is 19.1 Å². The van der Waals surface area contributed by atoms with Crippen LogP contribution in [0.4, 0.5) is 0 Å². The van der Waals surface area contributed by atoms with Crippen LogP contribution >= 0.6 is 0 Å². The van der Waals surface area contributed by atoms with Crippen molar-refractivity contribution in [2.75, 3.05) is 0 Å². The first-order valence-electron chi connectivity index (χ1n) is 9.57. The minimum Gasteiger partial charge on any atom is -0.455 e. The molecule has 0 N–H and O–H groups in total. The van der Waals surface area contributed by atoms with Gasteiger partial charge in [0.15, 0.2) is 0 Å². The van der Waals surface area contributed by atoms with E-state index in [-0.39, 0.29) is 17.9 Å². The van der Waals surface area contributed by atoms with Gasteiger partial charge in [-0.25, -0.2) is 9.59 Å². The second-order valence-electron chi connectivity index (χ2n) is 8.35. The molecule has 0 spiro atoms. The van der Waals surface area contributed by atoms with Crippen LogP contribution in [-0.4, -0.2) is 23.1 Å². The van der Waals surface area contributed by atoms with Crippen LogP contribution in [0.2, 0.25) is 0 Å². The summed E-state index contributed by atoms with van der Waals surface area (Å²) >= 11 is 0. The van der Waals surface area contributed by atoms with Gasteiger partial charge in [-0.2, -0.15) is 0 Å². The molecule has 25 heavy (non-hydrogen) atoms. The SMILES string of the molecule is C=C(C)C(=O)OC12CCCC3CCCC(OC(=O)C(=C)C)(CCC1)C32. The van der Waals surface area contributed by atoms with Crippen LogP contribution in [-0.2, 0) is 19.1 Å². The number of ether oxygens (including phenoxy) is 2. The van der Waals surface area contributed by atoms with E-state index in [1.165, 1.54) is 0 Å². The smallest absolute Gasteiger partial charge is 0.333 e. The van der Waals surface area contributed by atoms with Gasteiger partial charge in [0.1, 0.15) is 11.2 Å². The zero-order valence-electron chi connectivity index (χ0n) is 15.6. The minimum absolute atomic E-state index is 0.0999. The van der Waals surface area contributed by atoms with Gasteiger partial charge in [-0.05, 0) is 77.6 Å². The molecule has 0 radical (unpaired) electrons.